The lowest BCUT2D eigenvalue weighted by atomic mass is 10.4. The minimum Gasteiger partial charge on any atom is -0.466 e. The van der Waals surface area contributed by atoms with Crippen molar-refractivity contribution >= 4 is 29.1 Å². The number of ether oxygens (including phenoxy) is 1. The molecule has 0 bridgehead atoms. The lowest BCUT2D eigenvalue weighted by molar-refractivity contribution is -0.141. The van der Waals surface area contributed by atoms with Crippen LogP contribution in [-0.4, -0.2) is 30.6 Å². The van der Waals surface area contributed by atoms with Crippen LogP contribution >= 0.6 is 12.2 Å². The van der Waals surface area contributed by atoms with Gasteiger partial charge in [-0.15, -0.1) is 0 Å². The van der Waals surface area contributed by atoms with Gasteiger partial charge in [-0.05, 0) is 19.1 Å². The summed E-state index contributed by atoms with van der Waals surface area (Å²) in [6, 6.07) is 0. The quantitative estimate of drug-likeness (QED) is 0.287. The van der Waals surface area contributed by atoms with Gasteiger partial charge in [-0.25, -0.2) is 4.99 Å². The molecule has 6 heteroatoms. The molecule has 0 fully saturated rings. The van der Waals surface area contributed by atoms with Gasteiger partial charge in [-0.3, -0.25) is 4.79 Å². The van der Waals surface area contributed by atoms with Crippen LogP contribution in [0.4, 0.5) is 0 Å². The van der Waals surface area contributed by atoms with E-state index < -0.39 is 5.97 Å². The number of nitrogens with one attached hydrogen (secondary N) is 1. The molecule has 0 atom stereocenters. The SMILES string of the molecule is CCOC(=O)CC(N)=NC(=S)NC. The van der Waals surface area contributed by atoms with E-state index in [2.05, 4.69) is 15.0 Å². The number of nitrogens with zero attached hydrogens (tertiary/aromatic N) is 1. The fourth-order valence-electron chi connectivity index (χ4n) is 0.586. The van der Waals surface area contributed by atoms with Crippen LogP contribution in [0.3, 0.4) is 0 Å². The Morgan fingerprint density at radius 1 is 1.69 bits per heavy atom. The standard InChI is InChI=1S/C7H13N3O2S/c1-3-12-6(11)4-5(8)10-7(13)9-2/h3-4H2,1-2H3,(H3,8,9,10,13). The Morgan fingerprint density at radius 2 is 2.31 bits per heavy atom. The van der Waals surface area contributed by atoms with Gasteiger partial charge in [-0.2, -0.15) is 0 Å². The van der Waals surface area contributed by atoms with E-state index in [0.717, 1.165) is 0 Å². The number of esters is 1. The number of rotatable bonds is 3. The monoisotopic (exact) mass is 203 g/mol. The van der Waals surface area contributed by atoms with Crippen LogP contribution in [0.2, 0.25) is 0 Å². The normalized spacial score (nSPS) is 10.8. The van der Waals surface area contributed by atoms with Crippen LogP contribution in [0, 0.1) is 0 Å². The first-order chi connectivity index (χ1) is 6.10. The molecule has 3 N–H and O–H groups in total. The largest absolute Gasteiger partial charge is 0.466 e. The fraction of sp³-hybridized carbons (Fsp3) is 0.571. The van der Waals surface area contributed by atoms with Gasteiger partial charge in [-0.1, -0.05) is 0 Å². The summed E-state index contributed by atoms with van der Waals surface area (Å²) < 4.78 is 4.66. The van der Waals surface area contributed by atoms with Gasteiger partial charge in [0, 0.05) is 7.05 Å². The third kappa shape index (κ3) is 6.03. The number of hydrogen-bond donors (Lipinski definition) is 2. The predicted octanol–water partition coefficient (Wildman–Crippen LogP) is -0.199. The van der Waals surface area contributed by atoms with Crippen LogP contribution in [-0.2, 0) is 9.53 Å². The highest BCUT2D eigenvalue weighted by Gasteiger charge is 2.04. The second-order valence-electron chi connectivity index (χ2n) is 2.14. The molecular formula is C7H13N3O2S. The number of amidine groups is 1. The van der Waals surface area contributed by atoms with Gasteiger partial charge in [0.15, 0.2) is 5.11 Å². The highest BCUT2D eigenvalue weighted by atomic mass is 32.1. The number of nitrogens with two attached hydrogens (primary N) is 1. The molecule has 0 saturated heterocycles. The Labute approximate surface area is 82.3 Å². The summed E-state index contributed by atoms with van der Waals surface area (Å²) in [5.41, 5.74) is 5.40. The van der Waals surface area contributed by atoms with Crippen LogP contribution < -0.4 is 11.1 Å². The Bertz CT molecular complexity index is 228. The molecule has 0 aromatic rings. The van der Waals surface area contributed by atoms with Crippen molar-refractivity contribution in [2.45, 2.75) is 13.3 Å². The summed E-state index contributed by atoms with van der Waals surface area (Å²) in [5.74, 6) is -0.250. The molecule has 0 rings (SSSR count). The maximum Gasteiger partial charge on any atom is 0.313 e. The molecule has 0 aliphatic rings. The Hall–Kier alpha value is -1.17. The number of aliphatic imine (C=N–C) groups is 1. The lowest BCUT2D eigenvalue weighted by Crippen LogP contribution is -2.23. The van der Waals surface area contributed by atoms with Crippen molar-refractivity contribution in [3.05, 3.63) is 0 Å². The van der Waals surface area contributed by atoms with Crippen LogP contribution in [0.25, 0.3) is 0 Å². The summed E-state index contributed by atoms with van der Waals surface area (Å²) in [5, 5.41) is 2.86. The van der Waals surface area contributed by atoms with E-state index in [1.807, 2.05) is 0 Å². The number of thiocarbonyl (C=S) groups is 1. The van der Waals surface area contributed by atoms with E-state index in [1.54, 1.807) is 14.0 Å². The molecule has 0 aliphatic carbocycles. The first-order valence-corrected chi connectivity index (χ1v) is 4.21. The fourth-order valence-corrected chi connectivity index (χ4v) is 0.703. The van der Waals surface area contributed by atoms with Crippen LogP contribution in [0.1, 0.15) is 13.3 Å². The van der Waals surface area contributed by atoms with Gasteiger partial charge in [0.25, 0.3) is 0 Å². The van der Waals surface area contributed by atoms with Gasteiger partial charge in [0.1, 0.15) is 12.3 Å². The molecule has 0 heterocycles. The molecule has 5 nitrogen and oxygen atoms in total. The van der Waals surface area contributed by atoms with E-state index >= 15 is 0 Å². The van der Waals surface area contributed by atoms with Crippen LogP contribution in [0.15, 0.2) is 4.99 Å². The van der Waals surface area contributed by atoms with Crippen molar-refractivity contribution in [3.8, 4) is 0 Å². The molecule has 0 radical (unpaired) electrons. The lowest BCUT2D eigenvalue weighted by Gasteiger charge is -2.01. The zero-order valence-electron chi connectivity index (χ0n) is 7.66. The smallest absolute Gasteiger partial charge is 0.313 e. The molecule has 0 spiro atoms. The molecule has 0 unspecified atom stereocenters. The molecule has 13 heavy (non-hydrogen) atoms. The Kier molecular flexibility index (Phi) is 5.79. The van der Waals surface area contributed by atoms with Gasteiger partial charge < -0.3 is 15.8 Å². The van der Waals surface area contributed by atoms with Gasteiger partial charge in [0.05, 0.1) is 6.61 Å². The zero-order chi connectivity index (χ0) is 10.3. The molecule has 74 valence electrons. The van der Waals surface area contributed by atoms with Crippen molar-refractivity contribution < 1.29 is 9.53 Å². The topological polar surface area (TPSA) is 76.7 Å². The van der Waals surface area contributed by atoms with Gasteiger partial charge in [0.2, 0.25) is 0 Å². The number of carbonyl (C=O) groups excluding carboxylic acids is 1. The average molecular weight is 203 g/mol. The van der Waals surface area contributed by atoms with E-state index in [1.165, 1.54) is 0 Å². The molecule has 0 aliphatic heterocycles. The van der Waals surface area contributed by atoms with Crippen LogP contribution in [0.5, 0.6) is 0 Å². The van der Waals surface area contributed by atoms with Crippen molar-refractivity contribution in [3.63, 3.8) is 0 Å². The van der Waals surface area contributed by atoms with Crippen molar-refractivity contribution in [2.24, 2.45) is 10.7 Å². The zero-order valence-corrected chi connectivity index (χ0v) is 8.48. The van der Waals surface area contributed by atoms with E-state index in [4.69, 9.17) is 18.0 Å². The molecule has 0 amide bonds. The first kappa shape index (κ1) is 11.8. The summed E-state index contributed by atoms with van der Waals surface area (Å²) in [7, 11) is 1.63. The number of hydrogen-bond acceptors (Lipinski definition) is 3. The Balaban J connectivity index is 3.98. The average Bonchev–Trinajstić information content (AvgIpc) is 2.04. The second kappa shape index (κ2) is 6.36. The first-order valence-electron chi connectivity index (χ1n) is 3.80. The second-order valence-corrected chi connectivity index (χ2v) is 2.53. The van der Waals surface area contributed by atoms with Crippen molar-refractivity contribution in [1.29, 1.82) is 0 Å². The van der Waals surface area contributed by atoms with E-state index in [0.29, 0.717) is 6.61 Å². The van der Waals surface area contributed by atoms with Crippen molar-refractivity contribution in [2.75, 3.05) is 13.7 Å². The Morgan fingerprint density at radius 3 is 2.77 bits per heavy atom. The third-order valence-corrected chi connectivity index (χ3v) is 1.39. The summed E-state index contributed by atoms with van der Waals surface area (Å²) >= 11 is 4.72. The van der Waals surface area contributed by atoms with Gasteiger partial charge >= 0.3 is 5.97 Å². The highest BCUT2D eigenvalue weighted by molar-refractivity contribution is 7.80. The maximum atomic E-state index is 10.9. The molecule has 0 aromatic heterocycles. The van der Waals surface area contributed by atoms with Crippen molar-refractivity contribution in [1.82, 2.24) is 5.32 Å². The molecule has 0 saturated carbocycles. The van der Waals surface area contributed by atoms with E-state index in [-0.39, 0.29) is 17.4 Å². The number of carbonyl (C=O) groups is 1. The third-order valence-electron chi connectivity index (χ3n) is 1.09. The maximum absolute atomic E-state index is 10.9. The summed E-state index contributed by atoms with van der Waals surface area (Å²) in [6.45, 7) is 2.06. The summed E-state index contributed by atoms with van der Waals surface area (Å²) in [4.78, 5) is 14.6. The molecule has 0 aromatic carbocycles. The predicted molar refractivity (Wildman–Crippen MR) is 54.5 cm³/mol. The highest BCUT2D eigenvalue weighted by Crippen LogP contribution is 1.87. The summed E-state index contributed by atoms with van der Waals surface area (Å²) in [6.07, 6.45) is -0.0321. The van der Waals surface area contributed by atoms with E-state index in [9.17, 15) is 4.79 Å². The minimum absolute atomic E-state index is 0.0321. The minimum atomic E-state index is -0.400. The molecular weight excluding hydrogens is 190 g/mol.